The monoisotopic (exact) mass is 131 g/mol. The first kappa shape index (κ1) is 5.65. The highest BCUT2D eigenvalue weighted by molar-refractivity contribution is 4.71. The maximum atomic E-state index is 5.23. The molecule has 2 saturated heterocycles. The van der Waals surface area contributed by atoms with Gasteiger partial charge in [0, 0.05) is 0 Å². The molecular formula is C6H11O3+. The lowest BCUT2D eigenvalue weighted by Crippen LogP contribution is -2.06. The van der Waals surface area contributed by atoms with Crippen molar-refractivity contribution in [1.29, 1.82) is 0 Å². The Labute approximate surface area is 55.4 Å². The second-order valence-electron chi connectivity index (χ2n) is 2.45. The molecule has 0 aromatic heterocycles. The highest BCUT2D eigenvalue weighted by Gasteiger charge is 2.26. The summed E-state index contributed by atoms with van der Waals surface area (Å²) in [5.74, 6) is 0. The van der Waals surface area contributed by atoms with E-state index in [2.05, 4.69) is 0 Å². The van der Waals surface area contributed by atoms with E-state index in [0.717, 1.165) is 26.4 Å². The Morgan fingerprint density at radius 3 is 2.00 bits per heavy atom. The van der Waals surface area contributed by atoms with E-state index in [4.69, 9.17) is 14.2 Å². The van der Waals surface area contributed by atoms with Gasteiger partial charge in [-0.2, -0.15) is 0 Å². The molecule has 2 rings (SSSR count). The van der Waals surface area contributed by atoms with Crippen LogP contribution in [0.15, 0.2) is 0 Å². The third-order valence-corrected chi connectivity index (χ3v) is 1.41. The van der Waals surface area contributed by atoms with Crippen LogP contribution in [0.25, 0.3) is 0 Å². The average molecular weight is 131 g/mol. The SMILES string of the molecule is C(OCC1CO1)C1CO1.[H+]. The molecule has 0 aromatic carbocycles. The topological polar surface area (TPSA) is 34.3 Å². The van der Waals surface area contributed by atoms with E-state index in [0.29, 0.717) is 12.2 Å². The molecular weight excluding hydrogens is 120 g/mol. The zero-order valence-electron chi connectivity index (χ0n) is 6.21. The van der Waals surface area contributed by atoms with Crippen molar-refractivity contribution in [3.63, 3.8) is 0 Å². The van der Waals surface area contributed by atoms with Crippen LogP contribution >= 0.6 is 0 Å². The number of hydrogen-bond donors (Lipinski definition) is 0. The van der Waals surface area contributed by atoms with Crippen LogP contribution in [0, 0.1) is 0 Å². The molecule has 3 nitrogen and oxygen atoms in total. The fourth-order valence-corrected chi connectivity index (χ4v) is 0.659. The molecule has 0 radical (unpaired) electrons. The molecule has 2 aliphatic heterocycles. The van der Waals surface area contributed by atoms with Crippen LogP contribution in [0.3, 0.4) is 0 Å². The lowest BCUT2D eigenvalue weighted by Gasteiger charge is -1.95. The predicted molar refractivity (Wildman–Crippen MR) is 31.4 cm³/mol. The van der Waals surface area contributed by atoms with Gasteiger partial charge in [-0.05, 0) is 0 Å². The van der Waals surface area contributed by atoms with Gasteiger partial charge in [0.05, 0.1) is 26.4 Å². The van der Waals surface area contributed by atoms with E-state index in [9.17, 15) is 0 Å². The maximum Gasteiger partial charge on any atom is 1.00 e. The number of hydrogen-bond acceptors (Lipinski definition) is 3. The summed E-state index contributed by atoms with van der Waals surface area (Å²) in [7, 11) is 0. The summed E-state index contributed by atoms with van der Waals surface area (Å²) < 4.78 is 15.1. The molecule has 0 amide bonds. The highest BCUT2D eigenvalue weighted by Crippen LogP contribution is 2.12. The Hall–Kier alpha value is -0.120. The zero-order valence-corrected chi connectivity index (χ0v) is 5.21. The minimum atomic E-state index is 0. The van der Waals surface area contributed by atoms with Crippen molar-refractivity contribution in [2.24, 2.45) is 0 Å². The number of epoxide rings is 2. The van der Waals surface area contributed by atoms with Gasteiger partial charge >= 0.3 is 1.43 Å². The Morgan fingerprint density at radius 1 is 1.22 bits per heavy atom. The smallest absolute Gasteiger partial charge is 0.376 e. The highest BCUT2D eigenvalue weighted by atomic mass is 16.6. The van der Waals surface area contributed by atoms with Gasteiger partial charge in [-0.1, -0.05) is 0 Å². The van der Waals surface area contributed by atoms with E-state index in [1.807, 2.05) is 0 Å². The molecule has 9 heavy (non-hydrogen) atoms. The molecule has 2 heterocycles. The Morgan fingerprint density at radius 2 is 1.67 bits per heavy atom. The fourth-order valence-electron chi connectivity index (χ4n) is 0.659. The van der Waals surface area contributed by atoms with Crippen molar-refractivity contribution < 1.29 is 15.6 Å². The second kappa shape index (κ2) is 2.25. The molecule has 0 bridgehead atoms. The molecule has 52 valence electrons. The maximum absolute atomic E-state index is 5.23. The Kier molecular flexibility index (Phi) is 1.41. The van der Waals surface area contributed by atoms with Gasteiger partial charge in [-0.15, -0.1) is 0 Å². The first-order chi connectivity index (χ1) is 4.45. The third-order valence-electron chi connectivity index (χ3n) is 1.41. The standard InChI is InChI=1S/C6H10O3/c1(5-3-8-5)7-2-6-4-9-6/h5-6H,1-4H2/p+1. The van der Waals surface area contributed by atoms with Crippen molar-refractivity contribution in [3.8, 4) is 0 Å². The van der Waals surface area contributed by atoms with Gasteiger partial charge in [0.25, 0.3) is 0 Å². The van der Waals surface area contributed by atoms with Crippen molar-refractivity contribution in [2.45, 2.75) is 12.2 Å². The normalized spacial score (nSPS) is 38.7. The number of rotatable bonds is 4. The summed E-state index contributed by atoms with van der Waals surface area (Å²) in [5, 5.41) is 0. The van der Waals surface area contributed by atoms with Gasteiger partial charge in [-0.25, -0.2) is 0 Å². The Bertz CT molecular complexity index is 89.2. The van der Waals surface area contributed by atoms with Crippen molar-refractivity contribution in [3.05, 3.63) is 0 Å². The molecule has 2 aliphatic rings. The number of ether oxygens (including phenoxy) is 3. The lowest BCUT2D eigenvalue weighted by atomic mass is 10.5. The minimum absolute atomic E-state index is 0. The van der Waals surface area contributed by atoms with Gasteiger partial charge in [0.2, 0.25) is 0 Å². The first-order valence-corrected chi connectivity index (χ1v) is 3.26. The molecule has 0 aromatic rings. The summed E-state index contributed by atoms with van der Waals surface area (Å²) in [6, 6.07) is 0. The van der Waals surface area contributed by atoms with Crippen molar-refractivity contribution in [1.82, 2.24) is 0 Å². The van der Waals surface area contributed by atoms with Crippen LogP contribution in [-0.4, -0.2) is 38.6 Å². The fraction of sp³-hybridized carbons (Fsp3) is 1.00. The Balaban J connectivity index is 0.000000500. The summed E-state index contributed by atoms with van der Waals surface area (Å²) in [6.07, 6.45) is 0.785. The van der Waals surface area contributed by atoms with Crippen molar-refractivity contribution >= 4 is 0 Å². The van der Waals surface area contributed by atoms with Crippen LogP contribution in [-0.2, 0) is 14.2 Å². The predicted octanol–water partition coefficient (Wildman–Crippen LogP) is -0.0869. The van der Waals surface area contributed by atoms with Crippen LogP contribution in [0.4, 0.5) is 0 Å². The molecule has 2 atom stereocenters. The summed E-state index contributed by atoms with van der Waals surface area (Å²) >= 11 is 0. The van der Waals surface area contributed by atoms with Crippen LogP contribution < -0.4 is 0 Å². The molecule has 0 N–H and O–H groups in total. The van der Waals surface area contributed by atoms with E-state index in [1.165, 1.54) is 0 Å². The van der Waals surface area contributed by atoms with E-state index >= 15 is 0 Å². The second-order valence-corrected chi connectivity index (χ2v) is 2.45. The largest absolute Gasteiger partial charge is 1.00 e. The summed E-state index contributed by atoms with van der Waals surface area (Å²) in [6.45, 7) is 3.26. The first-order valence-electron chi connectivity index (χ1n) is 3.26. The molecule has 2 unspecified atom stereocenters. The average Bonchev–Trinajstić information content (AvgIpc) is 2.57. The summed E-state index contributed by atoms with van der Waals surface area (Å²) in [4.78, 5) is 0. The van der Waals surface area contributed by atoms with Gasteiger partial charge in [0.1, 0.15) is 12.2 Å². The van der Waals surface area contributed by atoms with Crippen molar-refractivity contribution in [2.75, 3.05) is 26.4 Å². The van der Waals surface area contributed by atoms with Crippen LogP contribution in [0.2, 0.25) is 0 Å². The molecule has 0 saturated carbocycles. The zero-order chi connectivity index (χ0) is 6.10. The van der Waals surface area contributed by atoms with E-state index in [1.54, 1.807) is 0 Å². The molecule has 0 spiro atoms. The molecule has 0 aliphatic carbocycles. The molecule has 2 fully saturated rings. The van der Waals surface area contributed by atoms with Crippen LogP contribution in [0.1, 0.15) is 1.43 Å². The van der Waals surface area contributed by atoms with Gasteiger partial charge in [0.15, 0.2) is 0 Å². The summed E-state index contributed by atoms with van der Waals surface area (Å²) in [5.41, 5.74) is 0. The minimum Gasteiger partial charge on any atom is -0.376 e. The third kappa shape index (κ3) is 1.93. The van der Waals surface area contributed by atoms with Gasteiger partial charge < -0.3 is 14.2 Å². The molecule has 3 heteroatoms. The van der Waals surface area contributed by atoms with Gasteiger partial charge in [-0.3, -0.25) is 0 Å². The quantitative estimate of drug-likeness (QED) is 0.500. The van der Waals surface area contributed by atoms with E-state index in [-0.39, 0.29) is 1.43 Å². The van der Waals surface area contributed by atoms with E-state index < -0.39 is 0 Å². The van der Waals surface area contributed by atoms with Crippen LogP contribution in [0.5, 0.6) is 0 Å². The lowest BCUT2D eigenvalue weighted by molar-refractivity contribution is 0.102.